The monoisotopic (exact) mass is 344 g/mol. The van der Waals surface area contributed by atoms with Crippen molar-refractivity contribution in [2.24, 2.45) is 0 Å². The molecule has 5 nitrogen and oxygen atoms in total. The summed E-state index contributed by atoms with van der Waals surface area (Å²) < 4.78 is 1.57. The van der Waals surface area contributed by atoms with E-state index >= 15 is 0 Å². The van der Waals surface area contributed by atoms with Crippen LogP contribution >= 0.6 is 23.4 Å². The second-order valence-electron chi connectivity index (χ2n) is 4.68. The van der Waals surface area contributed by atoms with Crippen molar-refractivity contribution in [3.8, 4) is 5.69 Å². The number of carbonyl (C=O) groups is 1. The highest BCUT2D eigenvalue weighted by Gasteiger charge is 2.11. The minimum Gasteiger partial charge on any atom is -0.320 e. The lowest BCUT2D eigenvalue weighted by Gasteiger charge is -2.11. The molecule has 116 valence electrons. The Labute approximate surface area is 142 Å². The number of halogens is 1. The molecular weight excluding hydrogens is 332 g/mol. The van der Waals surface area contributed by atoms with E-state index in [2.05, 4.69) is 15.4 Å². The molecule has 0 aliphatic heterocycles. The largest absolute Gasteiger partial charge is 0.320 e. The van der Waals surface area contributed by atoms with Gasteiger partial charge in [-0.25, -0.2) is 9.67 Å². The number of anilines is 1. The molecule has 3 aromatic rings. The first-order valence-corrected chi connectivity index (χ1v) is 8.37. The molecule has 0 saturated heterocycles. The SMILES string of the molecule is CSc1ccc(C(=O)Nc2cc(Cl)ccc2-n2cncn2)cc1. The fourth-order valence-corrected chi connectivity index (χ4v) is 2.66. The van der Waals surface area contributed by atoms with Gasteiger partial charge in [0.2, 0.25) is 0 Å². The highest BCUT2D eigenvalue weighted by Crippen LogP contribution is 2.25. The molecule has 0 aliphatic rings. The van der Waals surface area contributed by atoms with Crippen molar-refractivity contribution in [3.63, 3.8) is 0 Å². The van der Waals surface area contributed by atoms with Crippen LogP contribution in [-0.4, -0.2) is 26.9 Å². The van der Waals surface area contributed by atoms with Crippen molar-refractivity contribution in [1.82, 2.24) is 14.8 Å². The van der Waals surface area contributed by atoms with E-state index in [1.807, 2.05) is 18.4 Å². The van der Waals surface area contributed by atoms with Crippen LogP contribution in [0, 0.1) is 0 Å². The number of nitrogens with one attached hydrogen (secondary N) is 1. The standard InChI is InChI=1S/C16H13ClN4OS/c1-23-13-5-2-11(3-6-13)16(22)20-14-8-12(17)4-7-15(14)21-10-18-9-19-21/h2-10H,1H3,(H,20,22). The summed E-state index contributed by atoms with van der Waals surface area (Å²) in [7, 11) is 0. The van der Waals surface area contributed by atoms with Crippen molar-refractivity contribution in [2.45, 2.75) is 4.90 Å². The number of benzene rings is 2. The molecule has 0 saturated carbocycles. The molecule has 1 heterocycles. The third kappa shape index (κ3) is 3.55. The zero-order chi connectivity index (χ0) is 16.2. The summed E-state index contributed by atoms with van der Waals surface area (Å²) in [6, 6.07) is 12.6. The summed E-state index contributed by atoms with van der Waals surface area (Å²) in [4.78, 5) is 17.5. The van der Waals surface area contributed by atoms with Crippen molar-refractivity contribution in [3.05, 3.63) is 65.7 Å². The van der Waals surface area contributed by atoms with Crippen LogP contribution in [0.5, 0.6) is 0 Å². The predicted molar refractivity (Wildman–Crippen MR) is 92.5 cm³/mol. The number of amides is 1. The Kier molecular flexibility index (Phi) is 4.64. The van der Waals surface area contributed by atoms with Crippen molar-refractivity contribution in [2.75, 3.05) is 11.6 Å². The number of carbonyl (C=O) groups excluding carboxylic acids is 1. The van der Waals surface area contributed by atoms with Crippen LogP contribution in [0.15, 0.2) is 60.0 Å². The molecule has 0 radical (unpaired) electrons. The summed E-state index contributed by atoms with van der Waals surface area (Å²) >= 11 is 7.68. The lowest BCUT2D eigenvalue weighted by Crippen LogP contribution is -2.14. The molecule has 0 spiro atoms. The summed E-state index contributed by atoms with van der Waals surface area (Å²) in [5, 5.41) is 7.49. The molecule has 0 fully saturated rings. The van der Waals surface area contributed by atoms with Crippen LogP contribution in [0.4, 0.5) is 5.69 Å². The molecule has 0 atom stereocenters. The van der Waals surface area contributed by atoms with Gasteiger partial charge in [-0.3, -0.25) is 4.79 Å². The van der Waals surface area contributed by atoms with E-state index in [-0.39, 0.29) is 5.91 Å². The van der Waals surface area contributed by atoms with Crippen LogP contribution in [-0.2, 0) is 0 Å². The Morgan fingerprint density at radius 1 is 1.22 bits per heavy atom. The summed E-state index contributed by atoms with van der Waals surface area (Å²) in [6.07, 6.45) is 4.99. The summed E-state index contributed by atoms with van der Waals surface area (Å²) in [6.45, 7) is 0. The number of hydrogen-bond donors (Lipinski definition) is 1. The van der Waals surface area contributed by atoms with Gasteiger partial charge in [0.1, 0.15) is 12.7 Å². The smallest absolute Gasteiger partial charge is 0.255 e. The van der Waals surface area contributed by atoms with Gasteiger partial charge in [-0.15, -0.1) is 11.8 Å². The Balaban J connectivity index is 1.89. The second-order valence-corrected chi connectivity index (χ2v) is 6.00. The number of nitrogens with zero attached hydrogens (tertiary/aromatic N) is 3. The average molecular weight is 345 g/mol. The summed E-state index contributed by atoms with van der Waals surface area (Å²) in [5.74, 6) is -0.207. The third-order valence-corrected chi connectivity index (χ3v) is 4.20. The van der Waals surface area contributed by atoms with Gasteiger partial charge in [-0.05, 0) is 48.7 Å². The molecule has 0 bridgehead atoms. The molecule has 0 unspecified atom stereocenters. The molecule has 1 N–H and O–H groups in total. The number of hydrogen-bond acceptors (Lipinski definition) is 4. The van der Waals surface area contributed by atoms with E-state index in [1.54, 1.807) is 53.1 Å². The van der Waals surface area contributed by atoms with Crippen molar-refractivity contribution < 1.29 is 4.79 Å². The van der Waals surface area contributed by atoms with E-state index in [9.17, 15) is 4.79 Å². The average Bonchev–Trinajstić information content (AvgIpc) is 3.09. The molecule has 3 rings (SSSR count). The van der Waals surface area contributed by atoms with Crippen LogP contribution in [0.1, 0.15) is 10.4 Å². The lowest BCUT2D eigenvalue weighted by atomic mass is 10.2. The molecule has 1 amide bonds. The number of aromatic nitrogens is 3. The van der Waals surface area contributed by atoms with E-state index in [4.69, 9.17) is 11.6 Å². The van der Waals surface area contributed by atoms with Crippen LogP contribution in [0.3, 0.4) is 0 Å². The second kappa shape index (κ2) is 6.85. The molecule has 2 aromatic carbocycles. The van der Waals surface area contributed by atoms with E-state index in [1.165, 1.54) is 6.33 Å². The highest BCUT2D eigenvalue weighted by atomic mass is 35.5. The lowest BCUT2D eigenvalue weighted by molar-refractivity contribution is 0.102. The Morgan fingerprint density at radius 2 is 2.00 bits per heavy atom. The van der Waals surface area contributed by atoms with Gasteiger partial charge in [-0.2, -0.15) is 5.10 Å². The minimum absolute atomic E-state index is 0.207. The van der Waals surface area contributed by atoms with Gasteiger partial charge in [0, 0.05) is 15.5 Å². The predicted octanol–water partition coefficient (Wildman–Crippen LogP) is 3.89. The van der Waals surface area contributed by atoms with Crippen LogP contribution < -0.4 is 5.32 Å². The van der Waals surface area contributed by atoms with Gasteiger partial charge in [0.05, 0.1) is 11.4 Å². The van der Waals surface area contributed by atoms with Crippen molar-refractivity contribution >= 4 is 35.0 Å². The first-order chi connectivity index (χ1) is 11.2. The molecule has 0 aliphatic carbocycles. The third-order valence-electron chi connectivity index (χ3n) is 3.22. The topological polar surface area (TPSA) is 59.8 Å². The summed E-state index contributed by atoms with van der Waals surface area (Å²) in [5.41, 5.74) is 1.84. The van der Waals surface area contributed by atoms with Crippen molar-refractivity contribution in [1.29, 1.82) is 0 Å². The van der Waals surface area contributed by atoms with Gasteiger partial charge in [0.15, 0.2) is 0 Å². The van der Waals surface area contributed by atoms with E-state index in [0.717, 1.165) is 4.90 Å². The quantitative estimate of drug-likeness (QED) is 0.729. The van der Waals surface area contributed by atoms with Crippen LogP contribution in [0.25, 0.3) is 5.69 Å². The fraction of sp³-hybridized carbons (Fsp3) is 0.0625. The first-order valence-electron chi connectivity index (χ1n) is 6.77. The maximum atomic E-state index is 12.4. The van der Waals surface area contributed by atoms with Gasteiger partial charge < -0.3 is 5.32 Å². The Hall–Kier alpha value is -2.31. The zero-order valence-electron chi connectivity index (χ0n) is 12.2. The van der Waals surface area contributed by atoms with E-state index < -0.39 is 0 Å². The normalized spacial score (nSPS) is 10.5. The molecular formula is C16H13ClN4OS. The zero-order valence-corrected chi connectivity index (χ0v) is 13.8. The van der Waals surface area contributed by atoms with E-state index in [0.29, 0.717) is 22.0 Å². The maximum absolute atomic E-state index is 12.4. The van der Waals surface area contributed by atoms with Gasteiger partial charge in [-0.1, -0.05) is 11.6 Å². The number of thioether (sulfide) groups is 1. The molecule has 1 aromatic heterocycles. The Morgan fingerprint density at radius 3 is 2.65 bits per heavy atom. The molecule has 7 heteroatoms. The highest BCUT2D eigenvalue weighted by molar-refractivity contribution is 7.98. The van der Waals surface area contributed by atoms with Gasteiger partial charge >= 0.3 is 0 Å². The van der Waals surface area contributed by atoms with Gasteiger partial charge in [0.25, 0.3) is 5.91 Å². The fourth-order valence-electron chi connectivity index (χ4n) is 2.08. The first kappa shape index (κ1) is 15.6. The maximum Gasteiger partial charge on any atom is 0.255 e. The van der Waals surface area contributed by atoms with Crippen LogP contribution in [0.2, 0.25) is 5.02 Å². The Bertz CT molecular complexity index is 819. The molecule has 23 heavy (non-hydrogen) atoms. The minimum atomic E-state index is -0.207. The number of rotatable bonds is 4.